The highest BCUT2D eigenvalue weighted by atomic mass is 16.2. The smallest absolute Gasteiger partial charge is 0.254 e. The second-order valence-electron chi connectivity index (χ2n) is 4.78. The van der Waals surface area contributed by atoms with Crippen LogP contribution in [0.2, 0.25) is 0 Å². The van der Waals surface area contributed by atoms with Crippen LogP contribution in [0.3, 0.4) is 0 Å². The highest BCUT2D eigenvalue weighted by molar-refractivity contribution is 5.94. The predicted molar refractivity (Wildman–Crippen MR) is 61.9 cm³/mol. The normalized spacial score (nSPS) is 18.4. The maximum Gasteiger partial charge on any atom is 0.254 e. The Labute approximate surface area is 95.5 Å². The molecule has 1 aliphatic rings. The van der Waals surface area contributed by atoms with E-state index in [1.807, 2.05) is 0 Å². The summed E-state index contributed by atoms with van der Waals surface area (Å²) in [6, 6.07) is 3.46. The molecule has 86 valence electrons. The third-order valence-electron chi connectivity index (χ3n) is 3.33. The number of likely N-dealkylation sites (tertiary alicyclic amines) is 1. The van der Waals surface area contributed by atoms with Gasteiger partial charge in [0.15, 0.2) is 0 Å². The number of amides is 1. The average Bonchev–Trinajstić information content (AvgIpc) is 2.25. The van der Waals surface area contributed by atoms with Gasteiger partial charge in [0.1, 0.15) is 0 Å². The van der Waals surface area contributed by atoms with Crippen LogP contribution in [-0.4, -0.2) is 34.4 Å². The van der Waals surface area contributed by atoms with Crippen LogP contribution in [0.25, 0.3) is 0 Å². The van der Waals surface area contributed by atoms with Gasteiger partial charge in [-0.3, -0.25) is 9.78 Å². The summed E-state index contributed by atoms with van der Waals surface area (Å²) in [7, 11) is 0. The van der Waals surface area contributed by atoms with E-state index in [4.69, 9.17) is 5.73 Å². The van der Waals surface area contributed by atoms with Crippen LogP contribution in [0.5, 0.6) is 0 Å². The Hall–Kier alpha value is -1.42. The molecule has 0 atom stereocenters. The first-order valence-electron chi connectivity index (χ1n) is 5.51. The van der Waals surface area contributed by atoms with Crippen molar-refractivity contribution in [3.05, 3.63) is 30.1 Å². The van der Waals surface area contributed by atoms with Gasteiger partial charge in [-0.25, -0.2) is 0 Å². The van der Waals surface area contributed by atoms with Gasteiger partial charge in [-0.05, 0) is 18.1 Å². The Bertz CT molecular complexity index is 383. The second-order valence-corrected chi connectivity index (χ2v) is 4.78. The lowest BCUT2D eigenvalue weighted by Gasteiger charge is -2.50. The molecule has 0 aliphatic carbocycles. The van der Waals surface area contributed by atoms with Crippen molar-refractivity contribution in [1.82, 2.24) is 9.88 Å². The number of nitrogens with two attached hydrogens (primary N) is 1. The van der Waals surface area contributed by atoms with Crippen molar-refractivity contribution < 1.29 is 4.79 Å². The van der Waals surface area contributed by atoms with E-state index >= 15 is 0 Å². The van der Waals surface area contributed by atoms with Gasteiger partial charge in [0.2, 0.25) is 0 Å². The molecule has 2 rings (SSSR count). The van der Waals surface area contributed by atoms with E-state index in [0.29, 0.717) is 24.6 Å². The third-order valence-corrected chi connectivity index (χ3v) is 3.33. The number of aromatic nitrogens is 1. The van der Waals surface area contributed by atoms with Gasteiger partial charge >= 0.3 is 0 Å². The summed E-state index contributed by atoms with van der Waals surface area (Å²) in [6.45, 7) is 5.47. The quantitative estimate of drug-likeness (QED) is 0.803. The van der Waals surface area contributed by atoms with Crippen molar-refractivity contribution in [2.45, 2.75) is 19.4 Å². The number of hydrogen-bond acceptors (Lipinski definition) is 3. The molecule has 0 bridgehead atoms. The van der Waals surface area contributed by atoms with Crippen molar-refractivity contribution in [3.8, 4) is 0 Å². The van der Waals surface area contributed by atoms with E-state index in [2.05, 4.69) is 18.8 Å². The molecule has 1 aromatic heterocycles. The molecular weight excluding hydrogens is 202 g/mol. The van der Waals surface area contributed by atoms with Gasteiger partial charge in [0, 0.05) is 31.0 Å². The molecule has 4 heteroatoms. The van der Waals surface area contributed by atoms with E-state index in [0.717, 1.165) is 0 Å². The van der Waals surface area contributed by atoms with Gasteiger partial charge < -0.3 is 10.6 Å². The lowest BCUT2D eigenvalue weighted by molar-refractivity contribution is 0.0275. The molecule has 0 spiro atoms. The molecule has 2 heterocycles. The molecule has 1 amide bonds. The van der Waals surface area contributed by atoms with Crippen molar-refractivity contribution in [2.75, 3.05) is 13.1 Å². The van der Waals surface area contributed by atoms with Gasteiger partial charge in [0.25, 0.3) is 5.91 Å². The summed E-state index contributed by atoms with van der Waals surface area (Å²) in [5.41, 5.74) is 6.62. The first-order valence-corrected chi connectivity index (χ1v) is 5.51. The Morgan fingerprint density at radius 3 is 2.50 bits per heavy atom. The van der Waals surface area contributed by atoms with Crippen molar-refractivity contribution >= 4 is 5.91 Å². The van der Waals surface area contributed by atoms with Crippen molar-refractivity contribution in [2.24, 2.45) is 11.7 Å². The van der Waals surface area contributed by atoms with Crippen LogP contribution in [0.1, 0.15) is 24.2 Å². The summed E-state index contributed by atoms with van der Waals surface area (Å²) < 4.78 is 0. The number of nitrogens with zero attached hydrogens (tertiary/aromatic N) is 2. The van der Waals surface area contributed by atoms with Crippen LogP contribution in [0, 0.1) is 5.92 Å². The van der Waals surface area contributed by atoms with Crippen LogP contribution >= 0.6 is 0 Å². The van der Waals surface area contributed by atoms with Gasteiger partial charge in [0.05, 0.1) is 5.54 Å². The summed E-state index contributed by atoms with van der Waals surface area (Å²) in [4.78, 5) is 17.7. The fraction of sp³-hybridized carbons (Fsp3) is 0.500. The Morgan fingerprint density at radius 2 is 2.00 bits per heavy atom. The molecule has 1 fully saturated rings. The minimum absolute atomic E-state index is 0.0455. The van der Waals surface area contributed by atoms with E-state index in [1.54, 1.807) is 29.4 Å². The van der Waals surface area contributed by atoms with Crippen LogP contribution < -0.4 is 5.73 Å². The zero-order valence-electron chi connectivity index (χ0n) is 9.68. The van der Waals surface area contributed by atoms with Gasteiger partial charge in [-0.2, -0.15) is 0 Å². The molecule has 0 aromatic carbocycles. The highest BCUT2D eigenvalue weighted by Crippen LogP contribution is 2.27. The topological polar surface area (TPSA) is 59.2 Å². The predicted octanol–water partition coefficient (Wildman–Crippen LogP) is 0.891. The zero-order valence-corrected chi connectivity index (χ0v) is 9.68. The first-order chi connectivity index (χ1) is 7.53. The summed E-state index contributed by atoms with van der Waals surface area (Å²) in [5.74, 6) is 0.443. The molecule has 16 heavy (non-hydrogen) atoms. The van der Waals surface area contributed by atoms with Crippen molar-refractivity contribution in [3.63, 3.8) is 0 Å². The largest absolute Gasteiger partial charge is 0.335 e. The number of carbonyl (C=O) groups excluding carboxylic acids is 1. The molecule has 0 radical (unpaired) electrons. The van der Waals surface area contributed by atoms with E-state index < -0.39 is 0 Å². The monoisotopic (exact) mass is 219 g/mol. The molecule has 2 N–H and O–H groups in total. The SMILES string of the molecule is CC(C)C1(N)CN(C(=O)c2ccncc2)C1. The Kier molecular flexibility index (Phi) is 2.68. The minimum atomic E-state index is -0.206. The highest BCUT2D eigenvalue weighted by Gasteiger charge is 2.44. The maximum atomic E-state index is 12.0. The zero-order chi connectivity index (χ0) is 11.8. The Morgan fingerprint density at radius 1 is 1.44 bits per heavy atom. The summed E-state index contributed by atoms with van der Waals surface area (Å²) in [6.07, 6.45) is 3.26. The number of pyridine rings is 1. The first kappa shape index (κ1) is 11.1. The average molecular weight is 219 g/mol. The molecule has 1 saturated heterocycles. The standard InChI is InChI=1S/C12H17N3O/c1-9(2)12(13)7-15(8-12)11(16)10-3-5-14-6-4-10/h3-6,9H,7-8,13H2,1-2H3. The third kappa shape index (κ3) is 1.80. The number of rotatable bonds is 2. The number of carbonyl (C=O) groups is 1. The van der Waals surface area contributed by atoms with E-state index in [-0.39, 0.29) is 11.4 Å². The number of hydrogen-bond donors (Lipinski definition) is 1. The lowest BCUT2D eigenvalue weighted by atomic mass is 9.80. The fourth-order valence-electron chi connectivity index (χ4n) is 1.85. The summed E-state index contributed by atoms with van der Waals surface area (Å²) >= 11 is 0. The molecule has 0 unspecified atom stereocenters. The lowest BCUT2D eigenvalue weighted by Crippen LogP contribution is -2.71. The van der Waals surface area contributed by atoms with Crippen LogP contribution in [0.4, 0.5) is 0 Å². The maximum absolute atomic E-state index is 12.0. The Balaban J connectivity index is 2.01. The molecular formula is C12H17N3O. The molecule has 0 saturated carbocycles. The van der Waals surface area contributed by atoms with E-state index in [9.17, 15) is 4.79 Å². The second kappa shape index (κ2) is 3.87. The molecule has 4 nitrogen and oxygen atoms in total. The fourth-order valence-corrected chi connectivity index (χ4v) is 1.85. The molecule has 1 aromatic rings. The van der Waals surface area contributed by atoms with Crippen LogP contribution in [0.15, 0.2) is 24.5 Å². The van der Waals surface area contributed by atoms with Gasteiger partial charge in [-0.1, -0.05) is 13.8 Å². The van der Waals surface area contributed by atoms with E-state index in [1.165, 1.54) is 0 Å². The minimum Gasteiger partial charge on any atom is -0.335 e. The van der Waals surface area contributed by atoms with Gasteiger partial charge in [-0.15, -0.1) is 0 Å². The summed E-state index contributed by atoms with van der Waals surface area (Å²) in [5, 5.41) is 0. The van der Waals surface area contributed by atoms with Crippen molar-refractivity contribution in [1.29, 1.82) is 0 Å². The molecule has 1 aliphatic heterocycles. The van der Waals surface area contributed by atoms with Crippen LogP contribution in [-0.2, 0) is 0 Å².